The van der Waals surface area contributed by atoms with Gasteiger partial charge in [-0.2, -0.15) is 26.3 Å². The Morgan fingerprint density at radius 1 is 0.762 bits per heavy atom. The molecule has 1 aliphatic rings. The van der Waals surface area contributed by atoms with Crippen LogP contribution in [-0.2, 0) is 18.8 Å². The van der Waals surface area contributed by atoms with Crippen LogP contribution >= 0.6 is 0 Å². The summed E-state index contributed by atoms with van der Waals surface area (Å²) in [6, 6.07) is 6.64. The number of hydrogen-bond acceptors (Lipinski definition) is 0. The van der Waals surface area contributed by atoms with Gasteiger partial charge in [-0.15, -0.1) is 0 Å². The molecule has 0 spiro atoms. The molecule has 2 aromatic rings. The molecule has 0 saturated heterocycles. The van der Waals surface area contributed by atoms with E-state index in [2.05, 4.69) is 0 Å². The van der Waals surface area contributed by atoms with E-state index in [1.165, 1.54) is 18.2 Å². The highest BCUT2D eigenvalue weighted by molar-refractivity contribution is 5.80. The van der Waals surface area contributed by atoms with Crippen molar-refractivity contribution >= 4 is 0 Å². The first kappa shape index (κ1) is 14.0. The average molecular weight is 302 g/mol. The van der Waals surface area contributed by atoms with Gasteiger partial charge in [0.05, 0.1) is 11.1 Å². The Hall–Kier alpha value is -1.98. The van der Waals surface area contributed by atoms with E-state index in [-0.39, 0.29) is 17.5 Å². The van der Waals surface area contributed by atoms with Crippen LogP contribution in [0.25, 0.3) is 11.1 Å². The van der Waals surface area contributed by atoms with E-state index in [4.69, 9.17) is 0 Å². The zero-order valence-electron chi connectivity index (χ0n) is 10.4. The van der Waals surface area contributed by atoms with E-state index < -0.39 is 23.5 Å². The summed E-state index contributed by atoms with van der Waals surface area (Å²) in [6.45, 7) is 0. The molecule has 0 aromatic heterocycles. The van der Waals surface area contributed by atoms with Gasteiger partial charge in [-0.05, 0) is 46.9 Å². The minimum atomic E-state index is -4.60. The van der Waals surface area contributed by atoms with Crippen LogP contribution in [0.2, 0.25) is 0 Å². The maximum absolute atomic E-state index is 13.0. The van der Waals surface area contributed by atoms with Gasteiger partial charge in [0.15, 0.2) is 0 Å². The number of benzene rings is 2. The van der Waals surface area contributed by atoms with Crippen molar-refractivity contribution in [2.45, 2.75) is 18.8 Å². The third-order valence-electron chi connectivity index (χ3n) is 3.54. The molecule has 0 N–H and O–H groups in total. The van der Waals surface area contributed by atoms with Gasteiger partial charge in [0.25, 0.3) is 0 Å². The molecule has 0 aliphatic heterocycles. The summed E-state index contributed by atoms with van der Waals surface area (Å²) in [5.41, 5.74) is -1.06. The number of rotatable bonds is 0. The Kier molecular flexibility index (Phi) is 2.83. The number of fused-ring (bicyclic) bond motifs is 3. The lowest BCUT2D eigenvalue weighted by Crippen LogP contribution is -2.08. The predicted molar refractivity (Wildman–Crippen MR) is 64.7 cm³/mol. The van der Waals surface area contributed by atoms with E-state index in [0.29, 0.717) is 11.1 Å². The van der Waals surface area contributed by atoms with Crippen molar-refractivity contribution in [3.05, 3.63) is 58.7 Å². The number of hydrogen-bond donors (Lipinski definition) is 0. The highest BCUT2D eigenvalue weighted by Crippen LogP contribution is 2.46. The summed E-state index contributed by atoms with van der Waals surface area (Å²) < 4.78 is 77.4. The molecule has 3 rings (SSSR count). The van der Waals surface area contributed by atoms with Crippen molar-refractivity contribution in [2.75, 3.05) is 0 Å². The lowest BCUT2D eigenvalue weighted by Gasteiger charge is -2.14. The standard InChI is InChI=1S/C15H8F6/c16-14(17,18)10-5-4-8-6-9-2-1-3-12(15(19,20)21)13(9)11(8)7-10/h1-5,7H,6H2. The first-order valence-corrected chi connectivity index (χ1v) is 6.07. The van der Waals surface area contributed by atoms with E-state index >= 15 is 0 Å². The van der Waals surface area contributed by atoms with Gasteiger partial charge < -0.3 is 0 Å². The van der Waals surface area contributed by atoms with Crippen LogP contribution in [0.15, 0.2) is 36.4 Å². The lowest BCUT2D eigenvalue weighted by atomic mass is 9.97. The summed E-state index contributed by atoms with van der Waals surface area (Å²) in [6.07, 6.45) is -8.96. The van der Waals surface area contributed by atoms with E-state index in [1.54, 1.807) is 0 Å². The van der Waals surface area contributed by atoms with Crippen LogP contribution in [0.4, 0.5) is 26.3 Å². The fourth-order valence-electron chi connectivity index (χ4n) is 2.65. The molecule has 0 radical (unpaired) electrons. The molecular weight excluding hydrogens is 294 g/mol. The minimum absolute atomic E-state index is 0.0211. The zero-order chi connectivity index (χ0) is 15.4. The van der Waals surface area contributed by atoms with Gasteiger partial charge in [-0.1, -0.05) is 18.2 Å². The monoisotopic (exact) mass is 302 g/mol. The lowest BCUT2D eigenvalue weighted by molar-refractivity contribution is -0.137. The largest absolute Gasteiger partial charge is 0.417 e. The molecule has 0 unspecified atom stereocenters. The van der Waals surface area contributed by atoms with Gasteiger partial charge in [0.2, 0.25) is 0 Å². The van der Waals surface area contributed by atoms with Crippen LogP contribution in [0.5, 0.6) is 0 Å². The number of halogens is 6. The minimum Gasteiger partial charge on any atom is -0.166 e. The fourth-order valence-corrected chi connectivity index (χ4v) is 2.65. The summed E-state index contributed by atoms with van der Waals surface area (Å²) in [5, 5.41) is 0. The maximum Gasteiger partial charge on any atom is 0.417 e. The molecule has 2 aromatic carbocycles. The Morgan fingerprint density at radius 2 is 1.48 bits per heavy atom. The highest BCUT2D eigenvalue weighted by Gasteiger charge is 2.38. The molecule has 110 valence electrons. The third-order valence-corrected chi connectivity index (χ3v) is 3.54. The molecule has 21 heavy (non-hydrogen) atoms. The van der Waals surface area contributed by atoms with Crippen LogP contribution in [0.1, 0.15) is 22.3 Å². The molecule has 0 heterocycles. The van der Waals surface area contributed by atoms with E-state index in [9.17, 15) is 26.3 Å². The molecular formula is C15H8F6. The summed E-state index contributed by atoms with van der Waals surface area (Å²) in [5.74, 6) is 0. The second-order valence-corrected chi connectivity index (χ2v) is 4.88. The first-order valence-electron chi connectivity index (χ1n) is 6.07. The van der Waals surface area contributed by atoms with E-state index in [0.717, 1.165) is 18.2 Å². The molecule has 0 nitrogen and oxygen atoms in total. The van der Waals surface area contributed by atoms with Crippen LogP contribution in [0, 0.1) is 0 Å². The number of alkyl halides is 6. The molecule has 0 fully saturated rings. The third kappa shape index (κ3) is 2.28. The second kappa shape index (κ2) is 4.26. The molecule has 1 aliphatic carbocycles. The van der Waals surface area contributed by atoms with Crippen LogP contribution in [0.3, 0.4) is 0 Å². The maximum atomic E-state index is 13.0. The van der Waals surface area contributed by atoms with Gasteiger partial charge in [0.1, 0.15) is 0 Å². The van der Waals surface area contributed by atoms with Crippen molar-refractivity contribution in [3.8, 4) is 11.1 Å². The van der Waals surface area contributed by atoms with Crippen molar-refractivity contribution in [1.29, 1.82) is 0 Å². The Balaban J connectivity index is 2.25. The Labute approximate surface area is 116 Å². The average Bonchev–Trinajstić information content (AvgIpc) is 2.73. The summed E-state index contributed by atoms with van der Waals surface area (Å²) >= 11 is 0. The topological polar surface area (TPSA) is 0 Å². The molecule has 0 bridgehead atoms. The van der Waals surface area contributed by atoms with Crippen molar-refractivity contribution < 1.29 is 26.3 Å². The molecule has 6 heteroatoms. The van der Waals surface area contributed by atoms with E-state index in [1.807, 2.05) is 0 Å². The summed E-state index contributed by atoms with van der Waals surface area (Å²) in [4.78, 5) is 0. The van der Waals surface area contributed by atoms with Gasteiger partial charge in [0, 0.05) is 0 Å². The van der Waals surface area contributed by atoms with Crippen molar-refractivity contribution in [2.24, 2.45) is 0 Å². The smallest absolute Gasteiger partial charge is 0.166 e. The quantitative estimate of drug-likeness (QED) is 0.495. The van der Waals surface area contributed by atoms with Gasteiger partial charge in [-0.25, -0.2) is 0 Å². The zero-order valence-corrected chi connectivity index (χ0v) is 10.4. The fraction of sp³-hybridized carbons (Fsp3) is 0.200. The summed E-state index contributed by atoms with van der Waals surface area (Å²) in [7, 11) is 0. The Morgan fingerprint density at radius 3 is 2.10 bits per heavy atom. The van der Waals surface area contributed by atoms with Gasteiger partial charge >= 0.3 is 12.4 Å². The molecule has 0 atom stereocenters. The van der Waals surface area contributed by atoms with Crippen molar-refractivity contribution in [1.82, 2.24) is 0 Å². The van der Waals surface area contributed by atoms with Crippen LogP contribution in [-0.4, -0.2) is 0 Å². The normalized spacial score (nSPS) is 14.0. The predicted octanol–water partition coefficient (Wildman–Crippen LogP) is 5.30. The van der Waals surface area contributed by atoms with Gasteiger partial charge in [-0.3, -0.25) is 0 Å². The molecule has 0 saturated carbocycles. The second-order valence-electron chi connectivity index (χ2n) is 4.88. The highest BCUT2D eigenvalue weighted by atomic mass is 19.4. The first-order chi connectivity index (χ1) is 9.68. The van der Waals surface area contributed by atoms with Crippen molar-refractivity contribution in [3.63, 3.8) is 0 Å². The van der Waals surface area contributed by atoms with Crippen LogP contribution < -0.4 is 0 Å². The Bertz CT molecular complexity index is 709. The SMILES string of the molecule is FC(F)(F)c1ccc2c(c1)-c1c(cccc1C(F)(F)F)C2. The molecule has 0 amide bonds.